The van der Waals surface area contributed by atoms with Crippen molar-refractivity contribution in [2.75, 3.05) is 0 Å². The minimum atomic E-state index is -0.319. The van der Waals surface area contributed by atoms with E-state index in [0.29, 0.717) is 34.7 Å². The summed E-state index contributed by atoms with van der Waals surface area (Å²) < 4.78 is 10.7. The molecule has 100 valence electrons. The first-order valence-electron chi connectivity index (χ1n) is 6.21. The lowest BCUT2D eigenvalue weighted by molar-refractivity contribution is -0.134. The topological polar surface area (TPSA) is 69.4 Å². The Hall–Kier alpha value is -2.69. The van der Waals surface area contributed by atoms with E-state index in [1.54, 1.807) is 31.2 Å². The van der Waals surface area contributed by atoms with Crippen molar-refractivity contribution >= 4 is 17.1 Å². The molecule has 2 aliphatic rings. The maximum atomic E-state index is 11.3. The van der Waals surface area contributed by atoms with Crippen LogP contribution in [-0.4, -0.2) is 11.0 Å². The second-order valence-electron chi connectivity index (χ2n) is 4.30. The fourth-order valence-corrected chi connectivity index (χ4v) is 1.85. The van der Waals surface area contributed by atoms with E-state index in [-0.39, 0.29) is 11.4 Å². The molecule has 0 unspecified atom stereocenters. The number of carbonyl (C=O) groups excluding carboxylic acids is 1. The van der Waals surface area contributed by atoms with Gasteiger partial charge < -0.3 is 9.15 Å². The normalized spacial score (nSPS) is 10.8. The Labute approximate surface area is 114 Å². The highest BCUT2D eigenvalue weighted by Gasteiger charge is 2.10. The average Bonchev–Trinajstić information content (AvgIpc) is 2.45. The molecule has 0 aromatic heterocycles. The lowest BCUT2D eigenvalue weighted by atomic mass is 10.2. The predicted molar refractivity (Wildman–Crippen MR) is 72.8 cm³/mol. The van der Waals surface area contributed by atoms with Gasteiger partial charge in [0.1, 0.15) is 17.0 Å². The molecule has 0 amide bonds. The Balaban J connectivity index is 2.14. The highest BCUT2D eigenvalue weighted by molar-refractivity contribution is 5.79. The summed E-state index contributed by atoms with van der Waals surface area (Å²) in [5.74, 6) is 0.483. The van der Waals surface area contributed by atoms with Crippen molar-refractivity contribution in [2.45, 2.75) is 13.3 Å². The van der Waals surface area contributed by atoms with Crippen LogP contribution in [0.15, 0.2) is 45.6 Å². The van der Waals surface area contributed by atoms with Crippen LogP contribution in [0.1, 0.15) is 13.3 Å². The molecule has 0 saturated heterocycles. The van der Waals surface area contributed by atoms with Crippen LogP contribution in [0, 0.1) is 0 Å². The van der Waals surface area contributed by atoms with Gasteiger partial charge in [0.05, 0.1) is 0 Å². The van der Waals surface area contributed by atoms with Gasteiger partial charge in [0.15, 0.2) is 16.8 Å². The van der Waals surface area contributed by atoms with Crippen LogP contribution in [0.4, 0.5) is 0 Å². The molecule has 1 aromatic carbocycles. The monoisotopic (exact) mass is 269 g/mol. The molecule has 5 heteroatoms. The van der Waals surface area contributed by atoms with E-state index < -0.39 is 0 Å². The number of benzene rings is 2. The Morgan fingerprint density at radius 1 is 1.25 bits per heavy atom. The second-order valence-corrected chi connectivity index (χ2v) is 4.30. The molecule has 1 aromatic rings. The van der Waals surface area contributed by atoms with Gasteiger partial charge >= 0.3 is 5.97 Å². The highest BCUT2D eigenvalue weighted by atomic mass is 16.5. The minimum Gasteiger partial charge on any atom is -0.453 e. The van der Waals surface area contributed by atoms with Crippen molar-refractivity contribution in [3.05, 3.63) is 46.6 Å². The molecule has 3 rings (SSSR count). The summed E-state index contributed by atoms with van der Waals surface area (Å²) in [5.41, 5.74) is 1.56. The summed E-state index contributed by atoms with van der Waals surface area (Å²) in [5, 5.41) is 0. The lowest BCUT2D eigenvalue weighted by Gasteiger charge is -2.07. The Morgan fingerprint density at radius 3 is 2.90 bits per heavy atom. The fourth-order valence-electron chi connectivity index (χ4n) is 1.85. The molecule has 0 fully saturated rings. The first-order valence-corrected chi connectivity index (χ1v) is 6.21. The van der Waals surface area contributed by atoms with E-state index in [1.807, 2.05) is 0 Å². The number of rotatable bonds is 2. The molecular formula is C15H11NO4. The zero-order valence-corrected chi connectivity index (χ0v) is 10.8. The molecule has 1 aliphatic heterocycles. The van der Waals surface area contributed by atoms with Crippen LogP contribution in [0.2, 0.25) is 0 Å². The molecule has 0 atom stereocenters. The number of esters is 1. The first kappa shape index (κ1) is 12.3. The molecule has 5 nitrogen and oxygen atoms in total. The van der Waals surface area contributed by atoms with Crippen molar-refractivity contribution < 1.29 is 13.9 Å². The van der Waals surface area contributed by atoms with Gasteiger partial charge in [0.25, 0.3) is 0 Å². The highest BCUT2D eigenvalue weighted by Crippen LogP contribution is 2.26. The maximum Gasteiger partial charge on any atom is 0.310 e. The molecule has 0 radical (unpaired) electrons. The van der Waals surface area contributed by atoms with Crippen LogP contribution < -0.4 is 10.2 Å². The van der Waals surface area contributed by atoms with Crippen LogP contribution in [0.5, 0.6) is 5.75 Å². The van der Waals surface area contributed by atoms with Gasteiger partial charge in [0, 0.05) is 18.6 Å². The van der Waals surface area contributed by atoms with Crippen molar-refractivity contribution in [3.63, 3.8) is 0 Å². The van der Waals surface area contributed by atoms with Crippen molar-refractivity contribution in [2.24, 2.45) is 0 Å². The van der Waals surface area contributed by atoms with Gasteiger partial charge in [-0.25, -0.2) is 4.98 Å². The van der Waals surface area contributed by atoms with E-state index >= 15 is 0 Å². The number of hydrogen-bond donors (Lipinski definition) is 0. The number of aromatic nitrogens is 1. The van der Waals surface area contributed by atoms with Gasteiger partial charge in [0.2, 0.25) is 0 Å². The number of ether oxygens (including phenoxy) is 1. The third kappa shape index (κ3) is 2.25. The van der Waals surface area contributed by atoms with E-state index in [4.69, 9.17) is 9.15 Å². The predicted octanol–water partition coefficient (Wildman–Crippen LogP) is 2.61. The van der Waals surface area contributed by atoms with E-state index in [1.165, 1.54) is 12.1 Å². The molecular weight excluding hydrogens is 258 g/mol. The van der Waals surface area contributed by atoms with Crippen molar-refractivity contribution in [3.8, 4) is 17.2 Å². The van der Waals surface area contributed by atoms with Crippen LogP contribution in [0.25, 0.3) is 22.6 Å². The maximum absolute atomic E-state index is 11.3. The molecule has 0 bridgehead atoms. The summed E-state index contributed by atoms with van der Waals surface area (Å²) in [6.07, 6.45) is 0.296. The van der Waals surface area contributed by atoms with E-state index in [2.05, 4.69) is 4.98 Å². The summed E-state index contributed by atoms with van der Waals surface area (Å²) in [4.78, 5) is 27.0. The smallest absolute Gasteiger partial charge is 0.310 e. The molecule has 20 heavy (non-hydrogen) atoms. The molecule has 0 saturated carbocycles. The zero-order valence-electron chi connectivity index (χ0n) is 10.8. The van der Waals surface area contributed by atoms with Gasteiger partial charge in [-0.15, -0.1) is 0 Å². The number of carbonyl (C=O) groups is 1. The van der Waals surface area contributed by atoms with Crippen LogP contribution in [0.3, 0.4) is 0 Å². The fraction of sp³-hybridized carbons (Fsp3) is 0.133. The second kappa shape index (κ2) is 4.77. The van der Waals surface area contributed by atoms with Crippen molar-refractivity contribution in [1.82, 2.24) is 4.98 Å². The summed E-state index contributed by atoms with van der Waals surface area (Å²) in [6.45, 7) is 1.72. The Bertz CT molecular complexity index is 822. The number of nitrogens with zero attached hydrogens (tertiary/aromatic N) is 1. The lowest BCUT2D eigenvalue weighted by Crippen LogP contribution is -2.05. The average molecular weight is 269 g/mol. The van der Waals surface area contributed by atoms with Crippen LogP contribution in [-0.2, 0) is 4.79 Å². The molecule has 0 N–H and O–H groups in total. The molecule has 1 heterocycles. The Morgan fingerprint density at radius 2 is 2.10 bits per heavy atom. The first-order chi connectivity index (χ1) is 9.65. The van der Waals surface area contributed by atoms with E-state index in [0.717, 1.165) is 0 Å². The number of fused-ring (bicyclic) bond motifs is 2. The van der Waals surface area contributed by atoms with Gasteiger partial charge in [-0.2, -0.15) is 0 Å². The van der Waals surface area contributed by atoms with Gasteiger partial charge in [-0.05, 0) is 24.3 Å². The number of hydrogen-bond acceptors (Lipinski definition) is 5. The third-order valence-electron chi connectivity index (χ3n) is 2.84. The largest absolute Gasteiger partial charge is 0.453 e. The summed E-state index contributed by atoms with van der Waals surface area (Å²) in [6, 6.07) is 9.40. The quantitative estimate of drug-likeness (QED) is 0.406. The zero-order chi connectivity index (χ0) is 14.1. The summed E-state index contributed by atoms with van der Waals surface area (Å²) in [7, 11) is 0. The van der Waals surface area contributed by atoms with Gasteiger partial charge in [-0.1, -0.05) is 6.92 Å². The van der Waals surface area contributed by atoms with Crippen molar-refractivity contribution in [1.29, 1.82) is 0 Å². The standard InChI is InChI=1S/C15H11NO4/c1-2-15(18)19-10-4-6-12-14(8-10)20-13-7-9(17)3-5-11(13)16-12/h3-8H,2H2,1H3. The third-order valence-corrected chi connectivity index (χ3v) is 2.84. The molecule has 0 spiro atoms. The minimum absolute atomic E-state index is 0.143. The Kier molecular flexibility index (Phi) is 2.95. The van der Waals surface area contributed by atoms with E-state index in [9.17, 15) is 9.59 Å². The summed E-state index contributed by atoms with van der Waals surface area (Å²) >= 11 is 0. The SMILES string of the molecule is CCC(=O)Oc1ccc2nc3ccc(=O)cc-3oc2c1. The molecule has 1 aliphatic carbocycles. The van der Waals surface area contributed by atoms with Crippen LogP contribution >= 0.6 is 0 Å². The van der Waals surface area contributed by atoms with Gasteiger partial charge in [-0.3, -0.25) is 9.59 Å².